The van der Waals surface area contributed by atoms with E-state index in [2.05, 4.69) is 13.8 Å². The monoisotopic (exact) mass is 285 g/mol. The zero-order valence-corrected chi connectivity index (χ0v) is 11.9. The fourth-order valence-corrected chi connectivity index (χ4v) is 2.63. The van der Waals surface area contributed by atoms with Crippen LogP contribution in [0.3, 0.4) is 0 Å². The van der Waals surface area contributed by atoms with Crippen molar-refractivity contribution in [3.05, 3.63) is 24.3 Å². The Morgan fingerprint density at radius 2 is 2.00 bits per heavy atom. The molecule has 0 aromatic heterocycles. The molecule has 6 heteroatoms. The Hall–Kier alpha value is -1.11. The number of primary sulfonamides is 1. The first-order valence-corrected chi connectivity index (χ1v) is 7.74. The van der Waals surface area contributed by atoms with Gasteiger partial charge in [-0.15, -0.1) is 0 Å². The highest BCUT2D eigenvalue weighted by molar-refractivity contribution is 7.89. The van der Waals surface area contributed by atoms with Gasteiger partial charge in [0.25, 0.3) is 0 Å². The number of hydrogen-bond acceptors (Lipinski definition) is 4. The lowest BCUT2D eigenvalue weighted by Crippen LogP contribution is -2.23. The molecule has 1 aromatic rings. The van der Waals surface area contributed by atoms with Gasteiger partial charge in [-0.25, -0.2) is 13.6 Å². The van der Waals surface area contributed by atoms with Crippen molar-refractivity contribution in [2.24, 2.45) is 5.14 Å². The molecule has 1 aliphatic heterocycles. The van der Waals surface area contributed by atoms with Crippen molar-refractivity contribution in [3.63, 3.8) is 0 Å². The molecule has 1 aliphatic rings. The average Bonchev–Trinajstić information content (AvgIpc) is 2.66. The lowest BCUT2D eigenvalue weighted by Gasteiger charge is -2.19. The second-order valence-corrected chi connectivity index (χ2v) is 6.93. The predicted octanol–water partition coefficient (Wildman–Crippen LogP) is 1.67. The van der Waals surface area contributed by atoms with E-state index in [1.807, 2.05) is 0 Å². The Bertz CT molecular complexity index is 536. The molecule has 2 rings (SSSR count). The lowest BCUT2D eigenvalue weighted by atomic mass is 10.1. The molecular weight excluding hydrogens is 266 g/mol. The molecule has 1 aromatic carbocycles. The standard InChI is InChI=1S/C13H19NO4S/c1-13(2)8-7-11(18-13)9-17-10-3-5-12(6-4-10)19(14,15)16/h3-6,11H,7-9H2,1-2H3,(H2,14,15,16). The quantitative estimate of drug-likeness (QED) is 0.912. The number of rotatable bonds is 4. The van der Waals surface area contributed by atoms with Crippen LogP contribution in [0.4, 0.5) is 0 Å². The first-order valence-electron chi connectivity index (χ1n) is 6.20. The summed E-state index contributed by atoms with van der Waals surface area (Å²) in [5.74, 6) is 0.612. The molecular formula is C13H19NO4S. The summed E-state index contributed by atoms with van der Waals surface area (Å²) in [5.41, 5.74) is -0.0779. The molecule has 2 N–H and O–H groups in total. The van der Waals surface area contributed by atoms with E-state index >= 15 is 0 Å². The minimum Gasteiger partial charge on any atom is -0.491 e. The number of nitrogens with two attached hydrogens (primary N) is 1. The summed E-state index contributed by atoms with van der Waals surface area (Å²) in [7, 11) is -3.65. The van der Waals surface area contributed by atoms with Crippen molar-refractivity contribution in [1.82, 2.24) is 0 Å². The van der Waals surface area contributed by atoms with Crippen molar-refractivity contribution < 1.29 is 17.9 Å². The van der Waals surface area contributed by atoms with Crippen LogP contribution in [0.5, 0.6) is 5.75 Å². The number of hydrogen-bond donors (Lipinski definition) is 1. The highest BCUT2D eigenvalue weighted by Crippen LogP contribution is 2.29. The third-order valence-electron chi connectivity index (χ3n) is 3.14. The molecule has 0 radical (unpaired) electrons. The smallest absolute Gasteiger partial charge is 0.238 e. The van der Waals surface area contributed by atoms with Crippen LogP contribution < -0.4 is 9.88 Å². The molecule has 0 aliphatic carbocycles. The van der Waals surface area contributed by atoms with Crippen LogP contribution >= 0.6 is 0 Å². The highest BCUT2D eigenvalue weighted by atomic mass is 32.2. The molecule has 19 heavy (non-hydrogen) atoms. The van der Waals surface area contributed by atoms with Crippen molar-refractivity contribution in [2.75, 3.05) is 6.61 Å². The van der Waals surface area contributed by atoms with Gasteiger partial charge in [-0.3, -0.25) is 0 Å². The molecule has 0 amide bonds. The van der Waals surface area contributed by atoms with Gasteiger partial charge < -0.3 is 9.47 Å². The molecule has 1 atom stereocenters. The van der Waals surface area contributed by atoms with Gasteiger partial charge in [0.1, 0.15) is 12.4 Å². The second-order valence-electron chi connectivity index (χ2n) is 5.37. The molecule has 0 spiro atoms. The van der Waals surface area contributed by atoms with E-state index in [0.29, 0.717) is 12.4 Å². The molecule has 1 saturated heterocycles. The Balaban J connectivity index is 1.91. The highest BCUT2D eigenvalue weighted by Gasteiger charge is 2.31. The summed E-state index contributed by atoms with van der Waals surface area (Å²) in [5, 5.41) is 5.02. The van der Waals surface area contributed by atoms with Crippen molar-refractivity contribution >= 4 is 10.0 Å². The zero-order valence-electron chi connectivity index (χ0n) is 11.1. The van der Waals surface area contributed by atoms with Crippen LogP contribution in [0.1, 0.15) is 26.7 Å². The SMILES string of the molecule is CC1(C)CCC(COc2ccc(S(N)(=O)=O)cc2)O1. The average molecular weight is 285 g/mol. The van der Waals surface area contributed by atoms with Crippen LogP contribution in [0.25, 0.3) is 0 Å². The topological polar surface area (TPSA) is 78.6 Å². The summed E-state index contributed by atoms with van der Waals surface area (Å²) in [6.07, 6.45) is 2.08. The maximum atomic E-state index is 11.1. The van der Waals surface area contributed by atoms with Gasteiger partial charge >= 0.3 is 0 Å². The van der Waals surface area contributed by atoms with E-state index in [1.165, 1.54) is 12.1 Å². The lowest BCUT2D eigenvalue weighted by molar-refractivity contribution is -0.0326. The number of sulfonamides is 1. The molecule has 0 saturated carbocycles. The minimum absolute atomic E-state index is 0.0779. The predicted molar refractivity (Wildman–Crippen MR) is 71.5 cm³/mol. The Kier molecular flexibility index (Phi) is 3.85. The third kappa shape index (κ3) is 3.92. The normalized spacial score (nSPS) is 22.4. The van der Waals surface area contributed by atoms with Crippen LogP contribution in [-0.4, -0.2) is 26.7 Å². The van der Waals surface area contributed by atoms with Crippen LogP contribution in [-0.2, 0) is 14.8 Å². The van der Waals surface area contributed by atoms with E-state index in [0.717, 1.165) is 12.8 Å². The van der Waals surface area contributed by atoms with Gasteiger partial charge in [-0.1, -0.05) is 0 Å². The van der Waals surface area contributed by atoms with E-state index in [-0.39, 0.29) is 16.6 Å². The summed E-state index contributed by atoms with van der Waals surface area (Å²) < 4.78 is 33.6. The van der Waals surface area contributed by atoms with E-state index in [1.54, 1.807) is 12.1 Å². The number of benzene rings is 1. The summed E-state index contributed by atoms with van der Waals surface area (Å²) >= 11 is 0. The Labute approximate surface area is 113 Å². The van der Waals surface area contributed by atoms with Crippen LogP contribution in [0.15, 0.2) is 29.2 Å². The fourth-order valence-electron chi connectivity index (χ4n) is 2.11. The van der Waals surface area contributed by atoms with Crippen LogP contribution in [0, 0.1) is 0 Å². The first kappa shape index (κ1) is 14.3. The Morgan fingerprint density at radius 3 is 2.47 bits per heavy atom. The maximum Gasteiger partial charge on any atom is 0.238 e. The molecule has 106 valence electrons. The van der Waals surface area contributed by atoms with E-state index < -0.39 is 10.0 Å². The van der Waals surface area contributed by atoms with Crippen molar-refractivity contribution in [2.45, 2.75) is 43.3 Å². The van der Waals surface area contributed by atoms with E-state index in [9.17, 15) is 8.42 Å². The van der Waals surface area contributed by atoms with E-state index in [4.69, 9.17) is 14.6 Å². The first-order chi connectivity index (χ1) is 8.76. The molecule has 1 fully saturated rings. The van der Waals surface area contributed by atoms with Crippen molar-refractivity contribution in [1.29, 1.82) is 0 Å². The maximum absolute atomic E-state index is 11.1. The molecule has 0 bridgehead atoms. The van der Waals surface area contributed by atoms with Gasteiger partial charge in [0, 0.05) is 0 Å². The van der Waals surface area contributed by atoms with Gasteiger partial charge in [0.2, 0.25) is 10.0 Å². The summed E-state index contributed by atoms with van der Waals surface area (Å²) in [6.45, 7) is 4.60. The van der Waals surface area contributed by atoms with Crippen LogP contribution in [0.2, 0.25) is 0 Å². The van der Waals surface area contributed by atoms with Gasteiger partial charge in [0.15, 0.2) is 0 Å². The Morgan fingerprint density at radius 1 is 1.37 bits per heavy atom. The molecule has 1 heterocycles. The van der Waals surface area contributed by atoms with Crippen molar-refractivity contribution in [3.8, 4) is 5.75 Å². The zero-order chi connectivity index (χ0) is 14.1. The van der Waals surface area contributed by atoms with Gasteiger partial charge in [0.05, 0.1) is 16.6 Å². The summed E-state index contributed by atoms with van der Waals surface area (Å²) in [4.78, 5) is 0.0816. The summed E-state index contributed by atoms with van der Waals surface area (Å²) in [6, 6.07) is 6.06. The van der Waals surface area contributed by atoms with Gasteiger partial charge in [-0.2, -0.15) is 0 Å². The van der Waals surface area contributed by atoms with Gasteiger partial charge in [-0.05, 0) is 51.0 Å². The molecule has 5 nitrogen and oxygen atoms in total. The second kappa shape index (κ2) is 5.11. The third-order valence-corrected chi connectivity index (χ3v) is 4.07. The fraction of sp³-hybridized carbons (Fsp3) is 0.538. The number of ether oxygens (including phenoxy) is 2. The largest absolute Gasteiger partial charge is 0.491 e. The molecule has 1 unspecified atom stereocenters. The minimum atomic E-state index is -3.65.